The molecule has 2 aromatic rings. The van der Waals surface area contributed by atoms with Crippen LogP contribution in [-0.2, 0) is 16.9 Å². The Morgan fingerprint density at radius 3 is 2.38 bits per heavy atom. The fourth-order valence-electron chi connectivity index (χ4n) is 3.50. The van der Waals surface area contributed by atoms with E-state index in [-0.39, 0.29) is 5.92 Å². The predicted molar refractivity (Wildman–Crippen MR) is 99.4 cm³/mol. The van der Waals surface area contributed by atoms with E-state index in [1.807, 2.05) is 24.4 Å². The summed E-state index contributed by atoms with van der Waals surface area (Å²) in [5.41, 5.74) is 1.20. The lowest BCUT2D eigenvalue weighted by Crippen LogP contribution is -2.51. The maximum atomic E-state index is 12.1. The summed E-state index contributed by atoms with van der Waals surface area (Å²) in [7, 11) is 1.66. The van der Waals surface area contributed by atoms with E-state index in [1.165, 1.54) is 5.56 Å². The number of rotatable bonds is 6. The lowest BCUT2D eigenvalue weighted by atomic mass is 9.87. The van der Waals surface area contributed by atoms with E-state index in [0.717, 1.165) is 31.1 Å². The lowest BCUT2D eigenvalue weighted by Gasteiger charge is -2.39. The van der Waals surface area contributed by atoms with Gasteiger partial charge in [0.05, 0.1) is 12.8 Å². The molecular formula is C20H27N3O3. The van der Waals surface area contributed by atoms with Gasteiger partial charge in [0.1, 0.15) is 5.75 Å². The van der Waals surface area contributed by atoms with E-state index in [9.17, 15) is 9.90 Å². The molecule has 1 N–H and O–H groups in total. The number of hydrogen-bond donors (Lipinski definition) is 1. The van der Waals surface area contributed by atoms with Gasteiger partial charge in [0.2, 0.25) is 0 Å². The van der Waals surface area contributed by atoms with Gasteiger partial charge in [0, 0.05) is 25.8 Å². The molecule has 0 bridgehead atoms. The summed E-state index contributed by atoms with van der Waals surface area (Å²) < 4.78 is 6.87. The third-order valence-electron chi connectivity index (χ3n) is 5.29. The van der Waals surface area contributed by atoms with Crippen molar-refractivity contribution in [2.75, 3.05) is 20.2 Å². The van der Waals surface area contributed by atoms with Crippen LogP contribution in [0.5, 0.6) is 5.75 Å². The first kappa shape index (κ1) is 18.5. The summed E-state index contributed by atoms with van der Waals surface area (Å²) in [4.78, 5) is 14.4. The van der Waals surface area contributed by atoms with Crippen molar-refractivity contribution in [3.8, 4) is 5.75 Å². The largest absolute Gasteiger partial charge is 0.497 e. The molecule has 6 heteroatoms. The number of piperidine rings is 1. The smallest absolute Gasteiger partial charge is 0.331 e. The number of methoxy groups -OCH3 is 1. The van der Waals surface area contributed by atoms with Gasteiger partial charge in [-0.25, -0.2) is 4.79 Å². The number of aliphatic carboxylic acids is 1. The molecule has 26 heavy (non-hydrogen) atoms. The number of nitrogens with zero attached hydrogens (tertiary/aromatic N) is 3. The zero-order chi connectivity index (χ0) is 18.7. The zero-order valence-electron chi connectivity index (χ0n) is 15.7. The van der Waals surface area contributed by atoms with Crippen LogP contribution in [0.25, 0.3) is 0 Å². The molecule has 0 atom stereocenters. The molecular weight excluding hydrogens is 330 g/mol. The van der Waals surface area contributed by atoms with Crippen LogP contribution in [0, 0.1) is 0 Å². The highest BCUT2D eigenvalue weighted by molar-refractivity contribution is 5.76. The highest BCUT2D eigenvalue weighted by atomic mass is 16.5. The van der Waals surface area contributed by atoms with Crippen LogP contribution in [0.15, 0.2) is 36.5 Å². The maximum absolute atomic E-state index is 12.1. The van der Waals surface area contributed by atoms with Gasteiger partial charge in [-0.1, -0.05) is 26.0 Å². The van der Waals surface area contributed by atoms with Crippen LogP contribution in [0.4, 0.5) is 0 Å². The summed E-state index contributed by atoms with van der Waals surface area (Å²) >= 11 is 0. The fraction of sp³-hybridized carbons (Fsp3) is 0.500. The molecule has 6 nitrogen and oxygen atoms in total. The quantitative estimate of drug-likeness (QED) is 0.860. The molecule has 1 saturated heterocycles. The number of carbonyl (C=O) groups is 1. The Labute approximate surface area is 154 Å². The first-order valence-electron chi connectivity index (χ1n) is 9.09. The molecule has 0 aliphatic carbocycles. The Morgan fingerprint density at radius 1 is 1.23 bits per heavy atom. The number of carboxylic acid groups (broad SMARTS) is 1. The van der Waals surface area contributed by atoms with E-state index < -0.39 is 11.5 Å². The minimum atomic E-state index is -0.941. The molecule has 0 spiro atoms. The molecule has 1 aromatic heterocycles. The molecule has 140 valence electrons. The molecule has 3 rings (SSSR count). The van der Waals surface area contributed by atoms with E-state index in [4.69, 9.17) is 4.74 Å². The van der Waals surface area contributed by atoms with Crippen LogP contribution < -0.4 is 4.74 Å². The number of carboxylic acids is 1. The second kappa shape index (κ2) is 7.50. The van der Waals surface area contributed by atoms with Crippen molar-refractivity contribution < 1.29 is 14.6 Å². The molecule has 1 fully saturated rings. The molecule has 2 heterocycles. The minimum absolute atomic E-state index is 0.289. The minimum Gasteiger partial charge on any atom is -0.497 e. The van der Waals surface area contributed by atoms with Crippen molar-refractivity contribution >= 4 is 5.97 Å². The lowest BCUT2D eigenvalue weighted by molar-refractivity contribution is -0.151. The summed E-state index contributed by atoms with van der Waals surface area (Å²) in [6.45, 7) is 6.41. The number of likely N-dealkylation sites (tertiary alicyclic amines) is 1. The highest BCUT2D eigenvalue weighted by Gasteiger charge is 2.44. The monoisotopic (exact) mass is 357 g/mol. The van der Waals surface area contributed by atoms with Gasteiger partial charge >= 0.3 is 5.97 Å². The zero-order valence-corrected chi connectivity index (χ0v) is 15.7. The predicted octanol–water partition coefficient (Wildman–Crippen LogP) is 3.09. The van der Waals surface area contributed by atoms with Gasteiger partial charge in [-0.2, -0.15) is 5.10 Å². The van der Waals surface area contributed by atoms with E-state index in [1.54, 1.807) is 11.8 Å². The normalized spacial score (nSPS) is 17.4. The van der Waals surface area contributed by atoms with Crippen LogP contribution in [0.1, 0.15) is 43.9 Å². The fourth-order valence-corrected chi connectivity index (χ4v) is 3.50. The number of aromatic nitrogens is 2. The topological polar surface area (TPSA) is 67.6 Å². The molecule has 0 radical (unpaired) electrons. The second-order valence-corrected chi connectivity index (χ2v) is 7.30. The van der Waals surface area contributed by atoms with Crippen molar-refractivity contribution in [1.82, 2.24) is 14.7 Å². The third kappa shape index (κ3) is 3.60. The number of hydrogen-bond acceptors (Lipinski definition) is 4. The van der Waals surface area contributed by atoms with Gasteiger partial charge in [0.15, 0.2) is 5.54 Å². The Morgan fingerprint density at radius 2 is 1.88 bits per heavy atom. The van der Waals surface area contributed by atoms with Crippen molar-refractivity contribution in [2.45, 2.75) is 44.7 Å². The Hall–Kier alpha value is -2.34. The van der Waals surface area contributed by atoms with Gasteiger partial charge in [-0.15, -0.1) is 0 Å². The van der Waals surface area contributed by atoms with Crippen molar-refractivity contribution in [2.24, 2.45) is 0 Å². The number of ether oxygens (including phenoxy) is 1. The first-order chi connectivity index (χ1) is 12.4. The van der Waals surface area contributed by atoms with Gasteiger partial charge in [-0.3, -0.25) is 9.58 Å². The summed E-state index contributed by atoms with van der Waals surface area (Å²) in [6, 6.07) is 9.95. The maximum Gasteiger partial charge on any atom is 0.331 e. The van der Waals surface area contributed by atoms with Crippen LogP contribution in [0.2, 0.25) is 0 Å². The second-order valence-electron chi connectivity index (χ2n) is 7.30. The molecule has 0 saturated carbocycles. The molecule has 0 amide bonds. The van der Waals surface area contributed by atoms with Crippen molar-refractivity contribution in [3.63, 3.8) is 0 Å². The van der Waals surface area contributed by atoms with Crippen molar-refractivity contribution in [3.05, 3.63) is 47.8 Å². The van der Waals surface area contributed by atoms with Crippen LogP contribution >= 0.6 is 0 Å². The highest BCUT2D eigenvalue weighted by Crippen LogP contribution is 2.31. The van der Waals surface area contributed by atoms with Gasteiger partial charge in [-0.05, 0) is 42.5 Å². The van der Waals surface area contributed by atoms with E-state index in [2.05, 4.69) is 36.0 Å². The van der Waals surface area contributed by atoms with E-state index >= 15 is 0 Å². The number of benzene rings is 1. The standard InChI is InChI=1S/C20H27N3O3/c1-15(2)18-8-11-23(21-18)20(19(24)25)9-12-22(13-10-20)14-16-4-6-17(26-3)7-5-16/h4-8,11,15H,9-10,12-14H2,1-3H3,(H,24,25). The van der Waals surface area contributed by atoms with Crippen molar-refractivity contribution in [1.29, 1.82) is 0 Å². The Kier molecular flexibility index (Phi) is 5.32. The summed E-state index contributed by atoms with van der Waals surface area (Å²) in [5, 5.41) is 14.5. The summed E-state index contributed by atoms with van der Waals surface area (Å²) in [5.74, 6) is 0.342. The molecule has 1 aliphatic rings. The van der Waals surface area contributed by atoms with Gasteiger partial charge in [0.25, 0.3) is 0 Å². The SMILES string of the molecule is COc1ccc(CN2CCC(C(=O)O)(n3ccc(C(C)C)n3)CC2)cc1. The molecule has 0 unspecified atom stereocenters. The average Bonchev–Trinajstić information content (AvgIpc) is 3.14. The molecule has 1 aliphatic heterocycles. The van der Waals surface area contributed by atoms with Crippen LogP contribution in [-0.4, -0.2) is 46.0 Å². The van der Waals surface area contributed by atoms with E-state index in [0.29, 0.717) is 12.8 Å². The summed E-state index contributed by atoms with van der Waals surface area (Å²) in [6.07, 6.45) is 2.93. The third-order valence-corrected chi connectivity index (χ3v) is 5.29. The van der Waals surface area contributed by atoms with Gasteiger partial charge < -0.3 is 9.84 Å². The average molecular weight is 357 g/mol. The Balaban J connectivity index is 1.69. The molecule has 1 aromatic carbocycles. The first-order valence-corrected chi connectivity index (χ1v) is 9.09. The van der Waals surface area contributed by atoms with Crippen LogP contribution in [0.3, 0.4) is 0 Å². The Bertz CT molecular complexity index is 744.